The normalized spacial score (nSPS) is 32.9. The molecule has 3 rings (SSSR count). The second kappa shape index (κ2) is 6.64. The van der Waals surface area contributed by atoms with Gasteiger partial charge in [-0.1, -0.05) is 19.8 Å². The van der Waals surface area contributed by atoms with Crippen LogP contribution in [0.4, 0.5) is 13.2 Å². The fraction of sp³-hybridized carbons (Fsp3) is 0.684. The van der Waals surface area contributed by atoms with Gasteiger partial charge in [0.1, 0.15) is 0 Å². The highest BCUT2D eigenvalue weighted by atomic mass is 19.2. The van der Waals surface area contributed by atoms with Gasteiger partial charge >= 0.3 is 0 Å². The van der Waals surface area contributed by atoms with Crippen molar-refractivity contribution < 1.29 is 13.2 Å². The van der Waals surface area contributed by atoms with Crippen molar-refractivity contribution in [2.45, 2.75) is 64.2 Å². The van der Waals surface area contributed by atoms with Crippen LogP contribution in [-0.2, 0) is 0 Å². The van der Waals surface area contributed by atoms with E-state index >= 15 is 0 Å². The molecule has 0 radical (unpaired) electrons. The van der Waals surface area contributed by atoms with Gasteiger partial charge in [-0.3, -0.25) is 0 Å². The highest BCUT2D eigenvalue weighted by Crippen LogP contribution is 2.44. The van der Waals surface area contributed by atoms with Gasteiger partial charge in [0.25, 0.3) is 0 Å². The van der Waals surface area contributed by atoms with Gasteiger partial charge in [-0.25, -0.2) is 13.2 Å². The quantitative estimate of drug-likeness (QED) is 0.570. The van der Waals surface area contributed by atoms with Gasteiger partial charge in [0, 0.05) is 0 Å². The lowest BCUT2D eigenvalue weighted by atomic mass is 9.68. The summed E-state index contributed by atoms with van der Waals surface area (Å²) in [6, 6.07) is 2.37. The van der Waals surface area contributed by atoms with E-state index in [1.807, 2.05) is 0 Å². The number of hydrogen-bond donors (Lipinski definition) is 0. The third-order valence-electron chi connectivity index (χ3n) is 5.98. The minimum absolute atomic E-state index is 0.184. The molecule has 0 N–H and O–H groups in total. The van der Waals surface area contributed by atoms with E-state index in [0.717, 1.165) is 43.4 Å². The number of halogens is 3. The van der Waals surface area contributed by atoms with Crippen molar-refractivity contribution in [3.05, 3.63) is 35.1 Å². The molecule has 1 aromatic carbocycles. The van der Waals surface area contributed by atoms with Crippen LogP contribution >= 0.6 is 0 Å². The third kappa shape index (κ3) is 3.33. The van der Waals surface area contributed by atoms with Crippen LogP contribution < -0.4 is 0 Å². The van der Waals surface area contributed by atoms with E-state index in [4.69, 9.17) is 0 Å². The van der Waals surface area contributed by atoms with E-state index in [1.54, 1.807) is 0 Å². The summed E-state index contributed by atoms with van der Waals surface area (Å²) in [4.78, 5) is 0. The minimum Gasteiger partial charge on any atom is -0.204 e. The average Bonchev–Trinajstić information content (AvgIpc) is 2.53. The minimum atomic E-state index is -1.35. The molecule has 122 valence electrons. The summed E-state index contributed by atoms with van der Waals surface area (Å²) < 4.78 is 39.8. The van der Waals surface area contributed by atoms with E-state index in [9.17, 15) is 13.2 Å². The number of rotatable bonds is 2. The first-order valence-electron chi connectivity index (χ1n) is 8.69. The SMILES string of the molecule is CC1CCC(C2CCC(c3cc(F)c(F)c(F)c3)CC2)CC1. The molecule has 0 amide bonds. The lowest BCUT2D eigenvalue weighted by Crippen LogP contribution is -2.24. The van der Waals surface area contributed by atoms with E-state index in [-0.39, 0.29) is 5.92 Å². The smallest absolute Gasteiger partial charge is 0.194 e. The second-order valence-corrected chi connectivity index (χ2v) is 7.43. The van der Waals surface area contributed by atoms with Gasteiger partial charge in [-0.15, -0.1) is 0 Å². The average molecular weight is 310 g/mol. The van der Waals surface area contributed by atoms with Gasteiger partial charge < -0.3 is 0 Å². The first-order valence-corrected chi connectivity index (χ1v) is 8.69. The molecule has 0 heterocycles. The molecule has 0 aliphatic heterocycles. The zero-order valence-electron chi connectivity index (χ0n) is 13.3. The third-order valence-corrected chi connectivity index (χ3v) is 5.98. The fourth-order valence-electron chi connectivity index (χ4n) is 4.49. The maximum Gasteiger partial charge on any atom is 0.194 e. The lowest BCUT2D eigenvalue weighted by molar-refractivity contribution is 0.165. The van der Waals surface area contributed by atoms with Crippen molar-refractivity contribution in [2.24, 2.45) is 17.8 Å². The highest BCUT2D eigenvalue weighted by molar-refractivity contribution is 5.23. The zero-order chi connectivity index (χ0) is 15.7. The molecule has 2 saturated carbocycles. The molecule has 0 atom stereocenters. The van der Waals surface area contributed by atoms with Crippen LogP contribution in [-0.4, -0.2) is 0 Å². The van der Waals surface area contributed by atoms with Crippen molar-refractivity contribution in [1.29, 1.82) is 0 Å². The molecule has 22 heavy (non-hydrogen) atoms. The van der Waals surface area contributed by atoms with Gasteiger partial charge in [-0.05, 0) is 79.9 Å². The molecular weight excluding hydrogens is 285 g/mol. The van der Waals surface area contributed by atoms with Crippen LogP contribution in [0.15, 0.2) is 12.1 Å². The van der Waals surface area contributed by atoms with Crippen molar-refractivity contribution in [2.75, 3.05) is 0 Å². The number of hydrogen-bond acceptors (Lipinski definition) is 0. The van der Waals surface area contributed by atoms with Crippen molar-refractivity contribution in [3.63, 3.8) is 0 Å². The topological polar surface area (TPSA) is 0 Å². The van der Waals surface area contributed by atoms with Gasteiger partial charge in [0.05, 0.1) is 0 Å². The Balaban J connectivity index is 1.60. The number of benzene rings is 1. The maximum absolute atomic E-state index is 13.4. The van der Waals surface area contributed by atoms with Crippen LogP contribution in [0.3, 0.4) is 0 Å². The van der Waals surface area contributed by atoms with E-state index in [2.05, 4.69) is 6.92 Å². The second-order valence-electron chi connectivity index (χ2n) is 7.43. The van der Waals surface area contributed by atoms with Crippen LogP contribution in [0.1, 0.15) is 69.8 Å². The fourth-order valence-corrected chi connectivity index (χ4v) is 4.49. The molecule has 0 saturated heterocycles. The molecule has 1 aromatic rings. The summed E-state index contributed by atoms with van der Waals surface area (Å²) in [5.74, 6) is -0.788. The maximum atomic E-state index is 13.4. The summed E-state index contributed by atoms with van der Waals surface area (Å²) in [7, 11) is 0. The Morgan fingerprint density at radius 2 is 1.18 bits per heavy atom. The first-order chi connectivity index (χ1) is 10.5. The Morgan fingerprint density at radius 3 is 1.68 bits per heavy atom. The summed E-state index contributed by atoms with van der Waals surface area (Å²) >= 11 is 0. The van der Waals surface area contributed by atoms with Crippen LogP contribution in [0.5, 0.6) is 0 Å². The van der Waals surface area contributed by atoms with Gasteiger partial charge in [-0.2, -0.15) is 0 Å². The summed E-state index contributed by atoms with van der Waals surface area (Å²) in [6.07, 6.45) is 9.61. The van der Waals surface area contributed by atoms with Crippen molar-refractivity contribution in [1.82, 2.24) is 0 Å². The Morgan fingerprint density at radius 1 is 0.727 bits per heavy atom. The highest BCUT2D eigenvalue weighted by Gasteiger charge is 2.30. The molecule has 0 unspecified atom stereocenters. The molecule has 0 aromatic heterocycles. The Hall–Kier alpha value is -0.990. The van der Waals surface area contributed by atoms with E-state index in [1.165, 1.54) is 37.8 Å². The Bertz CT molecular complexity index is 486. The first kappa shape index (κ1) is 15.9. The van der Waals surface area contributed by atoms with Crippen LogP contribution in [0, 0.1) is 35.2 Å². The van der Waals surface area contributed by atoms with Crippen LogP contribution in [0.25, 0.3) is 0 Å². The zero-order valence-corrected chi connectivity index (χ0v) is 13.3. The summed E-state index contributed by atoms with van der Waals surface area (Å²) in [6.45, 7) is 2.34. The van der Waals surface area contributed by atoms with Crippen molar-refractivity contribution >= 4 is 0 Å². The predicted octanol–water partition coefficient (Wildman–Crippen LogP) is 6.20. The largest absolute Gasteiger partial charge is 0.204 e. The van der Waals surface area contributed by atoms with E-state index < -0.39 is 17.5 Å². The summed E-state index contributed by atoms with van der Waals surface area (Å²) in [5.41, 5.74) is 0.632. The molecule has 2 aliphatic carbocycles. The molecular formula is C19H25F3. The molecule has 3 heteroatoms. The van der Waals surface area contributed by atoms with Gasteiger partial charge in [0.15, 0.2) is 17.5 Å². The molecule has 2 fully saturated rings. The standard InChI is InChI=1S/C19H25F3/c1-12-2-4-13(5-3-12)14-6-8-15(9-7-14)16-10-17(20)19(22)18(21)11-16/h10-15H,2-9H2,1H3. The van der Waals surface area contributed by atoms with E-state index in [0.29, 0.717) is 5.56 Å². The Kier molecular flexibility index (Phi) is 4.79. The summed E-state index contributed by atoms with van der Waals surface area (Å²) in [5, 5.41) is 0. The van der Waals surface area contributed by atoms with Gasteiger partial charge in [0.2, 0.25) is 0 Å². The lowest BCUT2D eigenvalue weighted by Gasteiger charge is -2.37. The van der Waals surface area contributed by atoms with Crippen LogP contribution in [0.2, 0.25) is 0 Å². The Labute approximate surface area is 131 Å². The predicted molar refractivity (Wildman–Crippen MR) is 82.1 cm³/mol. The van der Waals surface area contributed by atoms with Crippen molar-refractivity contribution in [3.8, 4) is 0 Å². The molecule has 0 nitrogen and oxygen atoms in total. The molecule has 0 bridgehead atoms. The molecule has 0 spiro atoms. The monoisotopic (exact) mass is 310 g/mol. The molecule has 2 aliphatic rings.